The fraction of sp³-hybridized carbons (Fsp3) is 0.429. The first-order valence-electron chi connectivity index (χ1n) is 9.00. The molecule has 132 valence electrons. The molecule has 1 aliphatic rings. The van der Waals surface area contributed by atoms with Crippen LogP contribution in [0.1, 0.15) is 43.5 Å². The first-order valence-corrected chi connectivity index (χ1v) is 9.00. The number of ether oxygens (including phenoxy) is 1. The molecule has 0 radical (unpaired) electrons. The number of fused-ring (bicyclic) bond motifs is 1. The third kappa shape index (κ3) is 4.19. The van der Waals surface area contributed by atoms with Crippen LogP contribution in [0.5, 0.6) is 0 Å². The van der Waals surface area contributed by atoms with Gasteiger partial charge in [-0.05, 0) is 41.2 Å². The van der Waals surface area contributed by atoms with Crippen molar-refractivity contribution in [3.05, 3.63) is 48.0 Å². The topological polar surface area (TPSA) is 55.4 Å². The minimum absolute atomic E-state index is 0.177. The maximum Gasteiger partial charge on any atom is 0.338 e. The zero-order valence-electron chi connectivity index (χ0n) is 14.8. The van der Waals surface area contributed by atoms with Crippen molar-refractivity contribution in [3.63, 3.8) is 0 Å². The quantitative estimate of drug-likeness (QED) is 0.859. The normalized spacial score (nSPS) is 23.2. The number of carbonyl (C=O) groups is 2. The van der Waals surface area contributed by atoms with Crippen molar-refractivity contribution >= 4 is 22.6 Å². The van der Waals surface area contributed by atoms with Crippen LogP contribution in [0.25, 0.3) is 10.8 Å². The van der Waals surface area contributed by atoms with Crippen molar-refractivity contribution < 1.29 is 14.3 Å². The molecule has 1 aliphatic carbocycles. The number of esters is 1. The van der Waals surface area contributed by atoms with E-state index < -0.39 is 5.97 Å². The van der Waals surface area contributed by atoms with Gasteiger partial charge in [0.1, 0.15) is 0 Å². The van der Waals surface area contributed by atoms with E-state index in [2.05, 4.69) is 19.2 Å². The lowest BCUT2D eigenvalue weighted by Gasteiger charge is -2.34. The smallest absolute Gasteiger partial charge is 0.338 e. The van der Waals surface area contributed by atoms with Gasteiger partial charge >= 0.3 is 5.97 Å². The Morgan fingerprint density at radius 1 is 1.08 bits per heavy atom. The van der Waals surface area contributed by atoms with Gasteiger partial charge in [0, 0.05) is 6.04 Å². The Hall–Kier alpha value is -2.36. The van der Waals surface area contributed by atoms with E-state index in [0.717, 1.165) is 23.6 Å². The highest BCUT2D eigenvalue weighted by molar-refractivity contribution is 5.96. The van der Waals surface area contributed by atoms with Crippen LogP contribution in [0, 0.1) is 11.8 Å². The number of hydrogen-bond donors (Lipinski definition) is 1. The molecule has 0 unspecified atom stereocenters. The predicted molar refractivity (Wildman–Crippen MR) is 98.3 cm³/mol. The number of amides is 1. The minimum Gasteiger partial charge on any atom is -0.452 e. The van der Waals surface area contributed by atoms with Crippen LogP contribution < -0.4 is 5.32 Å². The molecule has 0 aliphatic heterocycles. The summed E-state index contributed by atoms with van der Waals surface area (Å²) in [6.45, 7) is 4.17. The van der Waals surface area contributed by atoms with Crippen molar-refractivity contribution in [2.45, 2.75) is 39.2 Å². The molecule has 4 nitrogen and oxygen atoms in total. The molecule has 2 aromatic rings. The molecule has 1 N–H and O–H groups in total. The van der Waals surface area contributed by atoms with Crippen molar-refractivity contribution in [1.29, 1.82) is 0 Å². The molecule has 4 heteroatoms. The molecule has 0 saturated heterocycles. The van der Waals surface area contributed by atoms with Gasteiger partial charge in [-0.25, -0.2) is 4.79 Å². The predicted octanol–water partition coefficient (Wildman–Crippen LogP) is 3.94. The summed E-state index contributed by atoms with van der Waals surface area (Å²) in [6, 6.07) is 13.4. The molecule has 0 spiro atoms. The van der Waals surface area contributed by atoms with Crippen molar-refractivity contribution in [1.82, 2.24) is 5.32 Å². The molecule has 0 heterocycles. The van der Waals surface area contributed by atoms with Crippen LogP contribution in [0.2, 0.25) is 0 Å². The molecule has 3 atom stereocenters. The van der Waals surface area contributed by atoms with Crippen LogP contribution in [0.3, 0.4) is 0 Å². The maximum absolute atomic E-state index is 12.2. The lowest BCUT2D eigenvalue weighted by atomic mass is 9.78. The fourth-order valence-corrected chi connectivity index (χ4v) is 3.56. The van der Waals surface area contributed by atoms with E-state index in [1.165, 1.54) is 6.42 Å². The number of hydrogen-bond acceptors (Lipinski definition) is 3. The van der Waals surface area contributed by atoms with Crippen LogP contribution in [0.15, 0.2) is 42.5 Å². The van der Waals surface area contributed by atoms with Crippen LogP contribution in [0.4, 0.5) is 0 Å². The third-order valence-corrected chi connectivity index (χ3v) is 5.37. The molecule has 1 saturated carbocycles. The second kappa shape index (κ2) is 7.68. The van der Waals surface area contributed by atoms with E-state index in [1.54, 1.807) is 12.1 Å². The Morgan fingerprint density at radius 3 is 2.64 bits per heavy atom. The highest BCUT2D eigenvalue weighted by Gasteiger charge is 2.28. The van der Waals surface area contributed by atoms with Gasteiger partial charge in [0.15, 0.2) is 6.61 Å². The molecule has 25 heavy (non-hydrogen) atoms. The molecule has 3 rings (SSSR count). The van der Waals surface area contributed by atoms with Gasteiger partial charge in [0.05, 0.1) is 5.56 Å². The van der Waals surface area contributed by atoms with Crippen molar-refractivity contribution in [3.8, 4) is 0 Å². The molecular formula is C21H25NO3. The summed E-state index contributed by atoms with van der Waals surface area (Å²) >= 11 is 0. The second-order valence-corrected chi connectivity index (χ2v) is 7.08. The average Bonchev–Trinajstić information content (AvgIpc) is 2.63. The Morgan fingerprint density at radius 2 is 1.84 bits per heavy atom. The molecular weight excluding hydrogens is 314 g/mol. The van der Waals surface area contributed by atoms with E-state index in [0.29, 0.717) is 17.4 Å². The first-order chi connectivity index (χ1) is 12.0. The van der Waals surface area contributed by atoms with E-state index in [4.69, 9.17) is 4.74 Å². The highest BCUT2D eigenvalue weighted by atomic mass is 16.5. The van der Waals surface area contributed by atoms with E-state index >= 15 is 0 Å². The number of benzene rings is 2. The van der Waals surface area contributed by atoms with E-state index in [9.17, 15) is 9.59 Å². The Kier molecular flexibility index (Phi) is 5.37. The van der Waals surface area contributed by atoms with Gasteiger partial charge in [-0.15, -0.1) is 0 Å². The zero-order valence-corrected chi connectivity index (χ0v) is 14.8. The Bertz CT molecular complexity index is 771. The minimum atomic E-state index is -0.467. The number of carbonyl (C=O) groups excluding carboxylic acids is 2. The van der Waals surface area contributed by atoms with Crippen LogP contribution in [-0.4, -0.2) is 24.5 Å². The number of rotatable bonds is 4. The van der Waals surface area contributed by atoms with Crippen LogP contribution >= 0.6 is 0 Å². The standard InChI is InChI=1S/C21H25NO3/c1-14-6-5-9-19(15(14)2)22-20(23)13-25-21(24)18-11-10-16-7-3-4-8-17(16)12-18/h3-4,7-8,10-12,14-15,19H,5-6,9,13H2,1-2H3,(H,22,23)/t14-,15+,19+/m1/s1. The lowest BCUT2D eigenvalue weighted by molar-refractivity contribution is -0.125. The number of nitrogens with one attached hydrogen (secondary N) is 1. The third-order valence-electron chi connectivity index (χ3n) is 5.37. The van der Waals surface area contributed by atoms with Gasteiger partial charge in [-0.1, -0.05) is 57.0 Å². The van der Waals surface area contributed by atoms with Gasteiger partial charge in [-0.2, -0.15) is 0 Å². The Balaban J connectivity index is 1.55. The van der Waals surface area contributed by atoms with Crippen molar-refractivity contribution in [2.24, 2.45) is 11.8 Å². The SMILES string of the molecule is C[C@H]1[C@H](C)CCC[C@@H]1NC(=O)COC(=O)c1ccc2ccccc2c1. The highest BCUT2D eigenvalue weighted by Crippen LogP contribution is 2.29. The van der Waals surface area contributed by atoms with Gasteiger partial charge in [0.2, 0.25) is 0 Å². The summed E-state index contributed by atoms with van der Waals surface area (Å²) in [5, 5.41) is 5.06. The first kappa shape index (κ1) is 17.5. The van der Waals surface area contributed by atoms with Gasteiger partial charge in [0.25, 0.3) is 5.91 Å². The second-order valence-electron chi connectivity index (χ2n) is 7.08. The summed E-state index contributed by atoms with van der Waals surface area (Å²) in [7, 11) is 0. The maximum atomic E-state index is 12.2. The van der Waals surface area contributed by atoms with E-state index in [-0.39, 0.29) is 18.6 Å². The summed E-state index contributed by atoms with van der Waals surface area (Å²) in [6.07, 6.45) is 3.34. The molecule has 0 aromatic heterocycles. The summed E-state index contributed by atoms with van der Waals surface area (Å²) in [5.41, 5.74) is 0.464. The van der Waals surface area contributed by atoms with Crippen LogP contribution in [-0.2, 0) is 9.53 Å². The molecule has 1 amide bonds. The summed E-state index contributed by atoms with van der Waals surface area (Å²) in [4.78, 5) is 24.3. The molecule has 0 bridgehead atoms. The Labute approximate surface area is 148 Å². The van der Waals surface area contributed by atoms with Crippen molar-refractivity contribution in [2.75, 3.05) is 6.61 Å². The van der Waals surface area contributed by atoms with Gasteiger partial charge in [-0.3, -0.25) is 4.79 Å². The lowest BCUT2D eigenvalue weighted by Crippen LogP contribution is -2.45. The zero-order chi connectivity index (χ0) is 17.8. The average molecular weight is 339 g/mol. The molecule has 1 fully saturated rings. The summed E-state index contributed by atoms with van der Waals surface area (Å²) < 4.78 is 5.19. The largest absolute Gasteiger partial charge is 0.452 e. The van der Waals surface area contributed by atoms with Gasteiger partial charge < -0.3 is 10.1 Å². The monoisotopic (exact) mass is 339 g/mol. The summed E-state index contributed by atoms with van der Waals surface area (Å²) in [5.74, 6) is 0.374. The van der Waals surface area contributed by atoms with E-state index in [1.807, 2.05) is 30.3 Å². The fourth-order valence-electron chi connectivity index (χ4n) is 3.56. The molecule has 2 aromatic carbocycles.